The van der Waals surface area contributed by atoms with Crippen molar-refractivity contribution < 1.29 is 9.53 Å². The molecule has 1 saturated heterocycles. The Kier molecular flexibility index (Phi) is 4.39. The predicted molar refractivity (Wildman–Crippen MR) is 102 cm³/mol. The number of rotatable bonds is 4. The van der Waals surface area contributed by atoms with E-state index < -0.39 is 0 Å². The van der Waals surface area contributed by atoms with Gasteiger partial charge in [-0.05, 0) is 51.7 Å². The van der Waals surface area contributed by atoms with Gasteiger partial charge in [0.1, 0.15) is 5.82 Å². The van der Waals surface area contributed by atoms with Crippen LogP contribution in [-0.4, -0.2) is 47.1 Å². The zero-order chi connectivity index (χ0) is 18.3. The fraction of sp³-hybridized carbons (Fsp3) is 0.600. The number of ether oxygens (including phenoxy) is 1. The Balaban J connectivity index is 1.65. The van der Waals surface area contributed by atoms with E-state index in [4.69, 9.17) is 9.72 Å². The smallest absolute Gasteiger partial charge is 0.255 e. The summed E-state index contributed by atoms with van der Waals surface area (Å²) in [6.45, 7) is 9.40. The molecule has 1 N–H and O–H groups in total. The van der Waals surface area contributed by atoms with E-state index >= 15 is 0 Å². The highest BCUT2D eigenvalue weighted by Gasteiger charge is 2.35. The highest BCUT2D eigenvalue weighted by molar-refractivity contribution is 6.00. The lowest BCUT2D eigenvalue weighted by atomic mass is 9.72. The van der Waals surface area contributed by atoms with E-state index in [1.165, 1.54) is 19.3 Å². The first-order valence-electron chi connectivity index (χ1n) is 9.59. The minimum absolute atomic E-state index is 0.0361. The van der Waals surface area contributed by atoms with Crippen LogP contribution < -0.4 is 10.2 Å². The summed E-state index contributed by atoms with van der Waals surface area (Å²) in [5.74, 6) is 1.44. The Morgan fingerprint density at radius 2 is 2.00 bits per heavy atom. The zero-order valence-electron chi connectivity index (χ0n) is 15.9. The summed E-state index contributed by atoms with van der Waals surface area (Å²) in [6.07, 6.45) is 5.69. The maximum absolute atomic E-state index is 13.0. The van der Waals surface area contributed by atoms with Gasteiger partial charge in [0.05, 0.1) is 25.0 Å². The number of hydrogen-bond donors (Lipinski definition) is 1. The van der Waals surface area contributed by atoms with Gasteiger partial charge in [0, 0.05) is 24.3 Å². The van der Waals surface area contributed by atoms with E-state index in [-0.39, 0.29) is 11.4 Å². The molecule has 2 fully saturated rings. The van der Waals surface area contributed by atoms with Gasteiger partial charge in [-0.1, -0.05) is 6.42 Å². The third-order valence-electron chi connectivity index (χ3n) is 5.95. The number of imidazole rings is 1. The van der Waals surface area contributed by atoms with E-state index in [9.17, 15) is 4.79 Å². The number of pyridine rings is 1. The fourth-order valence-corrected chi connectivity index (χ4v) is 3.90. The molecule has 3 heterocycles. The molecule has 2 aromatic rings. The molecule has 1 aliphatic carbocycles. The van der Waals surface area contributed by atoms with Crippen molar-refractivity contribution in [3.05, 3.63) is 29.6 Å². The Bertz CT molecular complexity index is 817. The van der Waals surface area contributed by atoms with E-state index in [2.05, 4.69) is 24.1 Å². The summed E-state index contributed by atoms with van der Waals surface area (Å²) in [5, 5.41) is 3.25. The highest BCUT2D eigenvalue weighted by Crippen LogP contribution is 2.36. The van der Waals surface area contributed by atoms with Crippen LogP contribution in [0.1, 0.15) is 49.2 Å². The van der Waals surface area contributed by atoms with Crippen molar-refractivity contribution in [3.63, 3.8) is 0 Å². The first kappa shape index (κ1) is 17.3. The number of morpholine rings is 1. The number of hydrogen-bond acceptors (Lipinski definition) is 4. The van der Waals surface area contributed by atoms with Crippen LogP contribution >= 0.6 is 0 Å². The van der Waals surface area contributed by atoms with Crippen LogP contribution in [-0.2, 0) is 4.74 Å². The lowest BCUT2D eigenvalue weighted by molar-refractivity contribution is 0.0827. The number of carbonyl (C=O) groups is 1. The largest absolute Gasteiger partial charge is 0.378 e. The van der Waals surface area contributed by atoms with Gasteiger partial charge in [-0.25, -0.2) is 4.98 Å². The van der Waals surface area contributed by atoms with Crippen molar-refractivity contribution in [2.45, 2.75) is 45.6 Å². The van der Waals surface area contributed by atoms with Crippen molar-refractivity contribution in [2.75, 3.05) is 31.2 Å². The number of anilines is 1. The summed E-state index contributed by atoms with van der Waals surface area (Å²) in [4.78, 5) is 20.0. The molecular weight excluding hydrogens is 328 g/mol. The molecule has 1 amide bonds. The molecule has 140 valence electrons. The SMILES string of the molecule is Cc1ccc(C(=O)NC(C)(C)C2CCC2)c2nc(N3CCOCC3)cn12. The van der Waals surface area contributed by atoms with Crippen molar-refractivity contribution in [1.82, 2.24) is 14.7 Å². The van der Waals surface area contributed by atoms with Gasteiger partial charge in [0.15, 0.2) is 5.65 Å². The van der Waals surface area contributed by atoms with Crippen molar-refractivity contribution in [3.8, 4) is 0 Å². The van der Waals surface area contributed by atoms with Gasteiger partial charge in [0.25, 0.3) is 5.91 Å². The van der Waals surface area contributed by atoms with E-state index in [1.807, 2.05) is 29.7 Å². The van der Waals surface area contributed by atoms with Gasteiger partial charge in [-0.3, -0.25) is 4.79 Å². The summed E-state index contributed by atoms with van der Waals surface area (Å²) in [7, 11) is 0. The molecule has 2 aliphatic rings. The average Bonchev–Trinajstić information content (AvgIpc) is 2.99. The lowest BCUT2D eigenvalue weighted by Gasteiger charge is -2.41. The number of nitrogens with zero attached hydrogens (tertiary/aromatic N) is 3. The van der Waals surface area contributed by atoms with Gasteiger partial charge in [-0.2, -0.15) is 0 Å². The minimum atomic E-state index is -0.184. The van der Waals surface area contributed by atoms with Crippen LogP contribution in [0.3, 0.4) is 0 Å². The molecule has 0 spiro atoms. The molecule has 1 aliphatic heterocycles. The van der Waals surface area contributed by atoms with Crippen LogP contribution in [0.2, 0.25) is 0 Å². The normalized spacial score (nSPS) is 18.8. The summed E-state index contributed by atoms with van der Waals surface area (Å²) < 4.78 is 7.46. The van der Waals surface area contributed by atoms with Gasteiger partial charge >= 0.3 is 0 Å². The fourth-order valence-electron chi connectivity index (χ4n) is 3.90. The first-order chi connectivity index (χ1) is 12.5. The molecule has 0 atom stereocenters. The molecule has 26 heavy (non-hydrogen) atoms. The quantitative estimate of drug-likeness (QED) is 0.915. The van der Waals surface area contributed by atoms with Gasteiger partial charge in [0.2, 0.25) is 0 Å². The molecular formula is C20H28N4O2. The molecule has 1 saturated carbocycles. The van der Waals surface area contributed by atoms with Crippen molar-refractivity contribution in [1.29, 1.82) is 0 Å². The van der Waals surface area contributed by atoms with Crippen LogP contribution in [0.5, 0.6) is 0 Å². The average molecular weight is 356 g/mol. The van der Waals surface area contributed by atoms with Crippen LogP contribution in [0, 0.1) is 12.8 Å². The maximum Gasteiger partial charge on any atom is 0.255 e. The maximum atomic E-state index is 13.0. The number of carbonyl (C=O) groups excluding carboxylic acids is 1. The number of nitrogens with one attached hydrogen (secondary N) is 1. The topological polar surface area (TPSA) is 58.9 Å². The van der Waals surface area contributed by atoms with Crippen LogP contribution in [0.15, 0.2) is 18.3 Å². The Morgan fingerprint density at radius 1 is 1.27 bits per heavy atom. The molecule has 0 unspecified atom stereocenters. The minimum Gasteiger partial charge on any atom is -0.378 e. The summed E-state index contributed by atoms with van der Waals surface area (Å²) >= 11 is 0. The third kappa shape index (κ3) is 3.07. The molecule has 2 aromatic heterocycles. The zero-order valence-corrected chi connectivity index (χ0v) is 15.9. The Hall–Kier alpha value is -2.08. The highest BCUT2D eigenvalue weighted by atomic mass is 16.5. The van der Waals surface area contributed by atoms with Crippen molar-refractivity contribution in [2.24, 2.45) is 5.92 Å². The Morgan fingerprint density at radius 3 is 2.65 bits per heavy atom. The molecule has 0 bridgehead atoms. The summed E-state index contributed by atoms with van der Waals surface area (Å²) in [6, 6.07) is 3.88. The predicted octanol–water partition coefficient (Wildman–Crippen LogP) is 2.79. The number of amides is 1. The molecule has 6 heteroatoms. The second-order valence-corrected chi connectivity index (χ2v) is 8.08. The molecule has 6 nitrogen and oxygen atoms in total. The van der Waals surface area contributed by atoms with E-state index in [1.54, 1.807) is 0 Å². The second-order valence-electron chi connectivity index (χ2n) is 8.08. The van der Waals surface area contributed by atoms with Crippen LogP contribution in [0.4, 0.5) is 5.82 Å². The Labute approximate surface area is 154 Å². The first-order valence-corrected chi connectivity index (χ1v) is 9.59. The van der Waals surface area contributed by atoms with Gasteiger partial charge in [-0.15, -0.1) is 0 Å². The second kappa shape index (κ2) is 6.58. The van der Waals surface area contributed by atoms with Gasteiger partial charge < -0.3 is 19.4 Å². The number of aromatic nitrogens is 2. The monoisotopic (exact) mass is 356 g/mol. The van der Waals surface area contributed by atoms with E-state index in [0.29, 0.717) is 11.5 Å². The summed E-state index contributed by atoms with van der Waals surface area (Å²) in [5.41, 5.74) is 2.26. The lowest BCUT2D eigenvalue weighted by Crippen LogP contribution is -2.51. The molecule has 0 aromatic carbocycles. The standard InChI is InChI=1S/C20H28N4O2/c1-14-7-8-16(19(25)22-20(2,3)15-5-4-6-15)18-21-17(13-24(14)18)23-9-11-26-12-10-23/h7-8,13,15H,4-6,9-12H2,1-3H3,(H,22,25). The van der Waals surface area contributed by atoms with Crippen molar-refractivity contribution >= 4 is 17.4 Å². The molecule has 4 rings (SSSR count). The number of fused-ring (bicyclic) bond motifs is 1. The van der Waals surface area contributed by atoms with Crippen LogP contribution in [0.25, 0.3) is 5.65 Å². The third-order valence-corrected chi connectivity index (χ3v) is 5.95. The van der Waals surface area contributed by atoms with E-state index in [0.717, 1.165) is 43.5 Å². The molecule has 0 radical (unpaired) electrons. The number of aryl methyl sites for hydroxylation is 1.